The molecule has 5 nitrogen and oxygen atoms in total. The molecular formula is C12H15BrN2O3S. The third kappa shape index (κ3) is 4.45. The van der Waals surface area contributed by atoms with Gasteiger partial charge in [0.2, 0.25) is 15.9 Å². The van der Waals surface area contributed by atoms with E-state index in [-0.39, 0.29) is 17.3 Å². The van der Waals surface area contributed by atoms with Gasteiger partial charge in [-0.3, -0.25) is 4.79 Å². The maximum atomic E-state index is 12.2. The molecule has 1 amide bonds. The van der Waals surface area contributed by atoms with Crippen molar-refractivity contribution in [1.29, 1.82) is 0 Å². The fourth-order valence-electron chi connectivity index (χ4n) is 1.32. The molecule has 0 atom stereocenters. The van der Waals surface area contributed by atoms with Crippen LogP contribution in [0, 0.1) is 0 Å². The molecule has 1 aromatic carbocycles. The lowest BCUT2D eigenvalue weighted by molar-refractivity contribution is -0.120. The van der Waals surface area contributed by atoms with Gasteiger partial charge in [0.15, 0.2) is 0 Å². The summed E-state index contributed by atoms with van der Waals surface area (Å²) < 4.78 is 26.1. The standard InChI is InChI=1S/C12H15BrN2O3S/c1-3-8-14-12(16)9-15(2)19(17,18)11-6-4-10(13)5-7-11/h3-7H,1,8-9H2,2H3,(H,14,16). The number of nitrogens with zero attached hydrogens (tertiary/aromatic N) is 1. The highest BCUT2D eigenvalue weighted by molar-refractivity contribution is 9.10. The number of carbonyl (C=O) groups excluding carboxylic acids is 1. The number of nitrogens with one attached hydrogen (secondary N) is 1. The van der Waals surface area contributed by atoms with Gasteiger partial charge < -0.3 is 5.32 Å². The van der Waals surface area contributed by atoms with Crippen LogP contribution in [0.5, 0.6) is 0 Å². The number of carbonyl (C=O) groups is 1. The Balaban J connectivity index is 2.79. The Morgan fingerprint density at radius 2 is 2.00 bits per heavy atom. The minimum Gasteiger partial charge on any atom is -0.351 e. The Bertz CT molecular complexity index is 555. The summed E-state index contributed by atoms with van der Waals surface area (Å²) in [6, 6.07) is 6.24. The summed E-state index contributed by atoms with van der Waals surface area (Å²) in [5, 5.41) is 2.53. The Morgan fingerprint density at radius 1 is 1.42 bits per heavy atom. The van der Waals surface area contributed by atoms with Crippen molar-refractivity contribution in [2.24, 2.45) is 0 Å². The van der Waals surface area contributed by atoms with Crippen molar-refractivity contribution in [3.05, 3.63) is 41.4 Å². The third-order valence-electron chi connectivity index (χ3n) is 2.33. The van der Waals surface area contributed by atoms with Crippen molar-refractivity contribution in [3.63, 3.8) is 0 Å². The lowest BCUT2D eigenvalue weighted by atomic mass is 10.4. The average Bonchev–Trinajstić information content (AvgIpc) is 2.36. The minimum absolute atomic E-state index is 0.148. The Morgan fingerprint density at radius 3 is 2.53 bits per heavy atom. The van der Waals surface area contributed by atoms with Gasteiger partial charge in [-0.2, -0.15) is 4.31 Å². The highest BCUT2D eigenvalue weighted by Gasteiger charge is 2.22. The zero-order chi connectivity index (χ0) is 14.5. The maximum absolute atomic E-state index is 12.2. The van der Waals surface area contributed by atoms with Crippen LogP contribution in [0.4, 0.5) is 0 Å². The van der Waals surface area contributed by atoms with Gasteiger partial charge in [0, 0.05) is 18.1 Å². The first kappa shape index (κ1) is 15.9. The van der Waals surface area contributed by atoms with E-state index in [1.54, 1.807) is 12.1 Å². The summed E-state index contributed by atoms with van der Waals surface area (Å²) in [5.74, 6) is -0.372. The molecular weight excluding hydrogens is 332 g/mol. The molecule has 0 aliphatic carbocycles. The molecule has 7 heteroatoms. The van der Waals surface area contributed by atoms with E-state index in [4.69, 9.17) is 0 Å². The monoisotopic (exact) mass is 346 g/mol. The smallest absolute Gasteiger partial charge is 0.243 e. The predicted molar refractivity (Wildman–Crippen MR) is 77.2 cm³/mol. The van der Waals surface area contributed by atoms with E-state index in [0.717, 1.165) is 8.78 Å². The highest BCUT2D eigenvalue weighted by Crippen LogP contribution is 2.17. The van der Waals surface area contributed by atoms with Crippen molar-refractivity contribution < 1.29 is 13.2 Å². The normalized spacial score (nSPS) is 11.3. The number of hydrogen-bond acceptors (Lipinski definition) is 3. The molecule has 0 heterocycles. The molecule has 104 valence electrons. The van der Waals surface area contributed by atoms with Gasteiger partial charge in [0.1, 0.15) is 0 Å². The molecule has 1 rings (SSSR count). The Labute approximate surface area is 121 Å². The number of likely N-dealkylation sites (N-methyl/N-ethyl adjacent to an activating group) is 1. The first-order valence-electron chi connectivity index (χ1n) is 5.47. The number of hydrogen-bond donors (Lipinski definition) is 1. The molecule has 0 aliphatic heterocycles. The summed E-state index contributed by atoms with van der Waals surface area (Å²) in [7, 11) is -2.28. The summed E-state index contributed by atoms with van der Waals surface area (Å²) in [6.45, 7) is 3.55. The fourth-order valence-corrected chi connectivity index (χ4v) is 2.71. The van der Waals surface area contributed by atoms with Crippen LogP contribution in [0.3, 0.4) is 0 Å². The quantitative estimate of drug-likeness (QED) is 0.791. The zero-order valence-corrected chi connectivity index (χ0v) is 12.9. The second kappa shape index (κ2) is 6.83. The number of halogens is 1. The van der Waals surface area contributed by atoms with Gasteiger partial charge in [0.05, 0.1) is 11.4 Å². The number of benzene rings is 1. The first-order valence-corrected chi connectivity index (χ1v) is 7.70. The molecule has 1 aromatic rings. The number of rotatable bonds is 6. The summed E-state index contributed by atoms with van der Waals surface area (Å²) in [5.41, 5.74) is 0. The predicted octanol–water partition coefficient (Wildman–Crippen LogP) is 1.37. The van der Waals surface area contributed by atoms with Crippen LogP contribution in [-0.4, -0.2) is 38.8 Å². The van der Waals surface area contributed by atoms with Gasteiger partial charge in [-0.1, -0.05) is 22.0 Å². The van der Waals surface area contributed by atoms with E-state index < -0.39 is 10.0 Å². The van der Waals surface area contributed by atoms with Gasteiger partial charge in [-0.15, -0.1) is 6.58 Å². The maximum Gasteiger partial charge on any atom is 0.243 e. The summed E-state index contributed by atoms with van der Waals surface area (Å²) in [4.78, 5) is 11.6. The third-order valence-corrected chi connectivity index (χ3v) is 4.68. The van der Waals surface area contributed by atoms with Crippen molar-refractivity contribution >= 4 is 31.9 Å². The molecule has 0 radical (unpaired) electrons. The molecule has 0 saturated carbocycles. The topological polar surface area (TPSA) is 66.5 Å². The lowest BCUT2D eigenvalue weighted by Gasteiger charge is -2.16. The van der Waals surface area contributed by atoms with E-state index in [9.17, 15) is 13.2 Å². The van der Waals surface area contributed by atoms with Crippen LogP contribution in [0.1, 0.15) is 0 Å². The van der Waals surface area contributed by atoms with E-state index in [1.807, 2.05) is 0 Å². The van der Waals surface area contributed by atoms with Crippen molar-refractivity contribution in [2.45, 2.75) is 4.90 Å². The molecule has 0 aliphatic rings. The van der Waals surface area contributed by atoms with Crippen LogP contribution in [0.25, 0.3) is 0 Å². The summed E-state index contributed by atoms with van der Waals surface area (Å²) >= 11 is 3.24. The minimum atomic E-state index is -3.65. The van der Waals surface area contributed by atoms with E-state index in [2.05, 4.69) is 27.8 Å². The molecule has 0 unspecified atom stereocenters. The van der Waals surface area contributed by atoms with Crippen LogP contribution >= 0.6 is 15.9 Å². The van der Waals surface area contributed by atoms with Crippen LogP contribution in [-0.2, 0) is 14.8 Å². The highest BCUT2D eigenvalue weighted by atomic mass is 79.9. The van der Waals surface area contributed by atoms with Crippen molar-refractivity contribution in [3.8, 4) is 0 Å². The molecule has 0 bridgehead atoms. The second-order valence-corrected chi connectivity index (χ2v) is 6.77. The number of sulfonamides is 1. The largest absolute Gasteiger partial charge is 0.351 e. The van der Waals surface area contributed by atoms with Crippen molar-refractivity contribution in [1.82, 2.24) is 9.62 Å². The lowest BCUT2D eigenvalue weighted by Crippen LogP contribution is -2.38. The summed E-state index contributed by atoms with van der Waals surface area (Å²) in [6.07, 6.45) is 1.53. The second-order valence-electron chi connectivity index (χ2n) is 3.81. The molecule has 0 aromatic heterocycles. The van der Waals surface area contributed by atoms with Crippen LogP contribution in [0.2, 0.25) is 0 Å². The first-order chi connectivity index (χ1) is 8.87. The van der Waals surface area contributed by atoms with Crippen LogP contribution in [0.15, 0.2) is 46.3 Å². The SMILES string of the molecule is C=CCNC(=O)CN(C)S(=O)(=O)c1ccc(Br)cc1. The van der Waals surface area contributed by atoms with Crippen molar-refractivity contribution in [2.75, 3.05) is 20.1 Å². The molecule has 0 fully saturated rings. The van der Waals surface area contributed by atoms with Gasteiger partial charge in [0.25, 0.3) is 0 Å². The molecule has 0 saturated heterocycles. The van der Waals surface area contributed by atoms with E-state index in [0.29, 0.717) is 6.54 Å². The van der Waals surface area contributed by atoms with Gasteiger partial charge in [-0.05, 0) is 24.3 Å². The fraction of sp³-hybridized carbons (Fsp3) is 0.250. The molecule has 1 N–H and O–H groups in total. The Hall–Kier alpha value is -1.18. The average molecular weight is 347 g/mol. The van der Waals surface area contributed by atoms with Gasteiger partial charge in [-0.25, -0.2) is 8.42 Å². The number of amides is 1. The van der Waals surface area contributed by atoms with Gasteiger partial charge >= 0.3 is 0 Å². The van der Waals surface area contributed by atoms with E-state index >= 15 is 0 Å². The zero-order valence-electron chi connectivity index (χ0n) is 10.5. The van der Waals surface area contributed by atoms with E-state index in [1.165, 1.54) is 25.3 Å². The van der Waals surface area contributed by atoms with Crippen LogP contribution < -0.4 is 5.32 Å². The Kier molecular flexibility index (Phi) is 5.71. The molecule has 0 spiro atoms. The molecule has 19 heavy (non-hydrogen) atoms.